The van der Waals surface area contributed by atoms with E-state index in [2.05, 4.69) is 48.2 Å². The molecule has 0 radical (unpaired) electrons. The summed E-state index contributed by atoms with van der Waals surface area (Å²) in [5.74, 6) is 1.03. The fourth-order valence-corrected chi connectivity index (χ4v) is 4.36. The number of amides is 1. The number of benzene rings is 1. The largest absolute Gasteiger partial charge is 0.338 e. The molecule has 1 aliphatic heterocycles. The second-order valence-electron chi connectivity index (χ2n) is 7.99. The Bertz CT molecular complexity index is 1220. The second kappa shape index (κ2) is 10.6. The third-order valence-corrected chi connectivity index (χ3v) is 6.38. The summed E-state index contributed by atoms with van der Waals surface area (Å²) in [5.41, 5.74) is 1.86. The average molecular weight is 475 g/mol. The molecule has 0 atom stereocenters. The second-order valence-corrected chi connectivity index (χ2v) is 8.94. The van der Waals surface area contributed by atoms with Gasteiger partial charge in [0.1, 0.15) is 16.9 Å². The van der Waals surface area contributed by atoms with Crippen LogP contribution in [0.3, 0.4) is 0 Å². The van der Waals surface area contributed by atoms with Gasteiger partial charge in [0.25, 0.3) is 5.91 Å². The van der Waals surface area contributed by atoms with Crippen LogP contribution in [0, 0.1) is 18.3 Å². The highest BCUT2D eigenvalue weighted by Crippen LogP contribution is 2.29. The lowest BCUT2D eigenvalue weighted by atomic mass is 10.1. The van der Waals surface area contributed by atoms with E-state index in [1.54, 1.807) is 25.1 Å². The molecule has 3 heterocycles. The third-order valence-electron chi connectivity index (χ3n) is 5.51. The fourth-order valence-electron chi connectivity index (χ4n) is 3.52. The van der Waals surface area contributed by atoms with Crippen LogP contribution >= 0.6 is 11.8 Å². The number of rotatable bonds is 6. The highest BCUT2D eigenvalue weighted by molar-refractivity contribution is 7.99. The smallest absolute Gasteiger partial charge is 0.257 e. The van der Waals surface area contributed by atoms with Gasteiger partial charge in [0.05, 0.1) is 16.8 Å². The number of pyridine rings is 1. The van der Waals surface area contributed by atoms with E-state index in [0.717, 1.165) is 26.2 Å². The predicted octanol–water partition coefficient (Wildman–Crippen LogP) is 3.16. The minimum atomic E-state index is -0.310. The van der Waals surface area contributed by atoms with E-state index in [1.807, 2.05) is 25.1 Å². The van der Waals surface area contributed by atoms with Crippen LogP contribution in [0.4, 0.5) is 11.6 Å². The number of para-hydroxylation sites is 1. The van der Waals surface area contributed by atoms with E-state index in [1.165, 1.54) is 11.8 Å². The Morgan fingerprint density at radius 3 is 2.53 bits per heavy atom. The number of piperazine rings is 1. The molecule has 0 spiro atoms. The normalized spacial score (nSPS) is 14.0. The van der Waals surface area contributed by atoms with E-state index in [4.69, 9.17) is 0 Å². The first kappa shape index (κ1) is 23.6. The van der Waals surface area contributed by atoms with Crippen molar-refractivity contribution in [3.05, 3.63) is 59.0 Å². The first-order valence-corrected chi connectivity index (χ1v) is 11.9. The lowest BCUT2D eigenvalue weighted by Crippen LogP contribution is -2.45. The van der Waals surface area contributed by atoms with Gasteiger partial charge in [-0.1, -0.05) is 25.1 Å². The van der Waals surface area contributed by atoms with Gasteiger partial charge in [-0.2, -0.15) is 15.2 Å². The molecule has 1 saturated heterocycles. The molecule has 1 amide bonds. The van der Waals surface area contributed by atoms with Crippen LogP contribution in [0.15, 0.2) is 46.6 Å². The predicted molar refractivity (Wildman–Crippen MR) is 131 cm³/mol. The quantitative estimate of drug-likeness (QED) is 0.576. The topological polar surface area (TPSA) is 111 Å². The van der Waals surface area contributed by atoms with Gasteiger partial charge >= 0.3 is 0 Å². The Hall–Kier alpha value is -3.55. The van der Waals surface area contributed by atoms with Crippen LogP contribution in [-0.2, 0) is 6.42 Å². The minimum absolute atomic E-state index is 0.299. The summed E-state index contributed by atoms with van der Waals surface area (Å²) in [6.45, 7) is 7.34. The maximum absolute atomic E-state index is 12.8. The standard InChI is InChI=1S/C24H26N8OS/c1-4-20-28-23(32-12-10-31(3)11-13-32)30-24(29-20)34-22-17(15-25)14-19(16(2)26-22)21(33)27-18-8-6-5-7-9-18/h5-9,14H,4,10-13H2,1-3H3,(H,27,33). The maximum atomic E-state index is 12.8. The van der Waals surface area contributed by atoms with Gasteiger partial charge in [-0.05, 0) is 43.9 Å². The van der Waals surface area contributed by atoms with Crippen LogP contribution in [0.5, 0.6) is 0 Å². The molecule has 1 N–H and O–H groups in total. The Morgan fingerprint density at radius 1 is 1.12 bits per heavy atom. The number of hydrogen-bond acceptors (Lipinski definition) is 9. The first-order valence-electron chi connectivity index (χ1n) is 11.1. The van der Waals surface area contributed by atoms with Crippen LogP contribution in [-0.4, -0.2) is 64.0 Å². The molecule has 1 aromatic carbocycles. The third kappa shape index (κ3) is 5.50. The zero-order chi connectivity index (χ0) is 24.1. The Balaban J connectivity index is 1.60. The van der Waals surface area contributed by atoms with Crippen molar-refractivity contribution < 1.29 is 4.79 Å². The number of aryl methyl sites for hydroxylation is 2. The van der Waals surface area contributed by atoms with Crippen LogP contribution in [0.2, 0.25) is 0 Å². The number of hydrogen-bond donors (Lipinski definition) is 1. The molecule has 1 aliphatic rings. The maximum Gasteiger partial charge on any atom is 0.257 e. The summed E-state index contributed by atoms with van der Waals surface area (Å²) >= 11 is 1.22. The molecule has 34 heavy (non-hydrogen) atoms. The zero-order valence-corrected chi connectivity index (χ0v) is 20.3. The average Bonchev–Trinajstić information content (AvgIpc) is 2.85. The van der Waals surface area contributed by atoms with Crippen LogP contribution in [0.25, 0.3) is 0 Å². The summed E-state index contributed by atoms with van der Waals surface area (Å²) in [6, 6.07) is 12.9. The van der Waals surface area contributed by atoms with Crippen molar-refractivity contribution in [3.8, 4) is 6.07 Å². The van der Waals surface area contributed by atoms with Gasteiger partial charge in [-0.3, -0.25) is 4.79 Å². The molecular weight excluding hydrogens is 448 g/mol. The first-order chi connectivity index (χ1) is 16.5. The van der Waals surface area contributed by atoms with Crippen LogP contribution < -0.4 is 10.2 Å². The van der Waals surface area contributed by atoms with Gasteiger partial charge in [-0.25, -0.2) is 9.97 Å². The molecule has 174 valence electrons. The lowest BCUT2D eigenvalue weighted by molar-refractivity contribution is 0.102. The van der Waals surface area contributed by atoms with E-state index in [9.17, 15) is 10.1 Å². The van der Waals surface area contributed by atoms with Crippen molar-refractivity contribution in [1.82, 2.24) is 24.8 Å². The minimum Gasteiger partial charge on any atom is -0.338 e. The number of carbonyl (C=O) groups excluding carboxylic acids is 1. The SMILES string of the molecule is CCc1nc(Sc2nc(C)c(C(=O)Nc3ccccc3)cc2C#N)nc(N2CCN(C)CC2)n1. The van der Waals surface area contributed by atoms with E-state index >= 15 is 0 Å². The highest BCUT2D eigenvalue weighted by Gasteiger charge is 2.21. The number of aromatic nitrogens is 4. The van der Waals surface area contributed by atoms with E-state index in [-0.39, 0.29) is 5.91 Å². The number of nitrogens with one attached hydrogen (secondary N) is 1. The van der Waals surface area contributed by atoms with Gasteiger partial charge in [-0.15, -0.1) is 0 Å². The number of nitrogens with zero attached hydrogens (tertiary/aromatic N) is 7. The molecule has 4 rings (SSSR count). The van der Waals surface area contributed by atoms with E-state index in [0.29, 0.717) is 50.9 Å². The number of anilines is 2. The van der Waals surface area contributed by atoms with Gasteiger partial charge < -0.3 is 15.1 Å². The fraction of sp³-hybridized carbons (Fsp3) is 0.333. The summed E-state index contributed by atoms with van der Waals surface area (Å²) in [6.07, 6.45) is 0.674. The highest BCUT2D eigenvalue weighted by atomic mass is 32.2. The molecule has 9 nitrogen and oxygen atoms in total. The van der Waals surface area contributed by atoms with Crippen molar-refractivity contribution in [2.45, 2.75) is 30.5 Å². The van der Waals surface area contributed by atoms with Gasteiger partial charge in [0.2, 0.25) is 5.95 Å². The molecule has 0 bridgehead atoms. The lowest BCUT2D eigenvalue weighted by Gasteiger charge is -2.32. The van der Waals surface area contributed by atoms with Crippen molar-refractivity contribution >= 4 is 29.3 Å². The van der Waals surface area contributed by atoms with Crippen molar-refractivity contribution in [2.24, 2.45) is 0 Å². The molecular formula is C24H26N8OS. The number of carbonyl (C=O) groups is 1. The van der Waals surface area contributed by atoms with E-state index < -0.39 is 0 Å². The number of nitriles is 1. The molecule has 10 heteroatoms. The molecule has 1 fully saturated rings. The molecule has 0 aliphatic carbocycles. The van der Waals surface area contributed by atoms with Gasteiger partial charge in [0.15, 0.2) is 5.16 Å². The summed E-state index contributed by atoms with van der Waals surface area (Å²) in [5, 5.41) is 13.6. The number of likely N-dealkylation sites (N-methyl/N-ethyl adjacent to an activating group) is 1. The van der Waals surface area contributed by atoms with Crippen molar-refractivity contribution in [2.75, 3.05) is 43.4 Å². The zero-order valence-electron chi connectivity index (χ0n) is 19.4. The Labute approximate surface area is 203 Å². The summed E-state index contributed by atoms with van der Waals surface area (Å²) in [4.78, 5) is 35.6. The molecule has 2 aromatic heterocycles. The summed E-state index contributed by atoms with van der Waals surface area (Å²) < 4.78 is 0. The van der Waals surface area contributed by atoms with Crippen molar-refractivity contribution in [3.63, 3.8) is 0 Å². The van der Waals surface area contributed by atoms with Crippen LogP contribution in [0.1, 0.15) is 34.4 Å². The molecule has 3 aromatic rings. The Morgan fingerprint density at radius 2 is 1.85 bits per heavy atom. The summed E-state index contributed by atoms with van der Waals surface area (Å²) in [7, 11) is 2.10. The molecule has 0 saturated carbocycles. The van der Waals surface area contributed by atoms with Gasteiger partial charge in [0, 0.05) is 38.3 Å². The monoisotopic (exact) mass is 474 g/mol. The Kier molecular flexibility index (Phi) is 7.35. The van der Waals surface area contributed by atoms with Crippen molar-refractivity contribution in [1.29, 1.82) is 5.26 Å². The molecule has 0 unspecified atom stereocenters.